The second-order valence-corrected chi connectivity index (χ2v) is 3.77. The predicted octanol–water partition coefficient (Wildman–Crippen LogP) is 2.06. The average molecular weight is 195 g/mol. The Morgan fingerprint density at radius 1 is 1.75 bits per heavy atom. The highest BCUT2D eigenvalue weighted by Crippen LogP contribution is 2.48. The van der Waals surface area contributed by atoms with E-state index in [1.165, 1.54) is 4.90 Å². The molecular formula is C7H11F2NOS. The molecule has 0 aromatic heterocycles. The van der Waals surface area contributed by atoms with Crippen molar-refractivity contribution < 1.29 is 13.6 Å². The third kappa shape index (κ3) is 2.09. The molecule has 1 amide bonds. The lowest BCUT2D eigenvalue weighted by Crippen LogP contribution is -2.26. The number of carbonyl (C=O) groups is 1. The number of hydrogen-bond acceptors (Lipinski definition) is 2. The first-order chi connectivity index (χ1) is 5.47. The van der Waals surface area contributed by atoms with Crippen LogP contribution in [-0.4, -0.2) is 35.9 Å². The second-order valence-electron chi connectivity index (χ2n) is 3.01. The quantitative estimate of drug-likeness (QED) is 0.672. The lowest BCUT2D eigenvalue weighted by atomic mass is 10.4. The molecule has 0 aromatic rings. The Hall–Kier alpha value is -0.320. The summed E-state index contributed by atoms with van der Waals surface area (Å²) in [5.74, 6) is -3.13. The van der Waals surface area contributed by atoms with Crippen molar-refractivity contribution in [1.82, 2.24) is 4.90 Å². The molecule has 0 saturated heterocycles. The fourth-order valence-electron chi connectivity index (χ4n) is 1.03. The number of halogens is 2. The maximum Gasteiger partial charge on any atom is 0.281 e. The van der Waals surface area contributed by atoms with Gasteiger partial charge < -0.3 is 4.90 Å². The normalized spacial score (nSPS) is 25.2. The summed E-state index contributed by atoms with van der Waals surface area (Å²) in [7, 11) is 1.55. The minimum absolute atomic E-state index is 0.0704. The molecule has 0 spiro atoms. The first-order valence-electron chi connectivity index (χ1n) is 3.64. The average Bonchev–Trinajstić information content (AvgIpc) is 2.57. The Bertz CT molecular complexity index is 198. The maximum absolute atomic E-state index is 12.4. The van der Waals surface area contributed by atoms with Crippen LogP contribution in [0.25, 0.3) is 0 Å². The fourth-order valence-corrected chi connectivity index (χ4v) is 1.41. The molecule has 0 heterocycles. The molecule has 0 aliphatic heterocycles. The number of amides is 1. The van der Waals surface area contributed by atoms with Crippen LogP contribution < -0.4 is 0 Å². The van der Waals surface area contributed by atoms with Crippen molar-refractivity contribution >= 4 is 17.0 Å². The lowest BCUT2D eigenvalue weighted by molar-refractivity contribution is 0.0935. The maximum atomic E-state index is 12.4. The largest absolute Gasteiger partial charge is 0.336 e. The number of hydrogen-bond donors (Lipinski definition) is 0. The van der Waals surface area contributed by atoms with Crippen LogP contribution in [0.4, 0.5) is 13.6 Å². The number of alkyl halides is 2. The van der Waals surface area contributed by atoms with E-state index in [-0.39, 0.29) is 18.2 Å². The molecule has 0 bridgehead atoms. The van der Waals surface area contributed by atoms with Crippen molar-refractivity contribution in [2.24, 2.45) is 5.92 Å². The molecule has 12 heavy (non-hydrogen) atoms. The van der Waals surface area contributed by atoms with E-state index >= 15 is 0 Å². The lowest BCUT2D eigenvalue weighted by Gasteiger charge is -2.14. The Morgan fingerprint density at radius 3 is 2.58 bits per heavy atom. The summed E-state index contributed by atoms with van der Waals surface area (Å²) >= 11 is 1.04. The molecule has 0 N–H and O–H groups in total. The summed E-state index contributed by atoms with van der Waals surface area (Å²) in [4.78, 5) is 12.3. The highest BCUT2D eigenvalue weighted by atomic mass is 32.2. The zero-order chi connectivity index (χ0) is 9.35. The van der Waals surface area contributed by atoms with Crippen LogP contribution in [0.2, 0.25) is 0 Å². The van der Waals surface area contributed by atoms with Gasteiger partial charge in [0.25, 0.3) is 11.2 Å². The van der Waals surface area contributed by atoms with E-state index in [0.29, 0.717) is 0 Å². The number of rotatable bonds is 2. The van der Waals surface area contributed by atoms with Gasteiger partial charge in [-0.25, -0.2) is 8.78 Å². The van der Waals surface area contributed by atoms with Gasteiger partial charge in [0.15, 0.2) is 0 Å². The minimum atomic E-state index is -2.52. The van der Waals surface area contributed by atoms with Gasteiger partial charge in [-0.05, 0) is 6.26 Å². The molecule has 1 aliphatic rings. The summed E-state index contributed by atoms with van der Waals surface area (Å²) in [5.41, 5.74) is 0. The van der Waals surface area contributed by atoms with Gasteiger partial charge in [-0.3, -0.25) is 4.79 Å². The molecule has 70 valence electrons. The van der Waals surface area contributed by atoms with Gasteiger partial charge in [0.2, 0.25) is 0 Å². The predicted molar refractivity (Wildman–Crippen MR) is 44.6 cm³/mol. The molecule has 2 nitrogen and oxygen atoms in total. The van der Waals surface area contributed by atoms with Crippen LogP contribution in [-0.2, 0) is 0 Å². The molecular weight excluding hydrogens is 184 g/mol. The Labute approximate surface area is 74.3 Å². The zero-order valence-corrected chi connectivity index (χ0v) is 7.83. The topological polar surface area (TPSA) is 20.3 Å². The van der Waals surface area contributed by atoms with Crippen LogP contribution in [0.5, 0.6) is 0 Å². The van der Waals surface area contributed by atoms with Crippen LogP contribution in [0.1, 0.15) is 6.42 Å². The van der Waals surface area contributed by atoms with Gasteiger partial charge in [0.05, 0.1) is 0 Å². The highest BCUT2D eigenvalue weighted by Gasteiger charge is 2.57. The van der Waals surface area contributed by atoms with Gasteiger partial charge >= 0.3 is 0 Å². The summed E-state index contributed by atoms with van der Waals surface area (Å²) in [6.07, 6.45) is 1.57. The van der Waals surface area contributed by atoms with E-state index in [0.717, 1.165) is 11.8 Å². The van der Waals surface area contributed by atoms with Crippen molar-refractivity contribution in [2.45, 2.75) is 12.3 Å². The first-order valence-corrected chi connectivity index (χ1v) is 4.86. The van der Waals surface area contributed by atoms with E-state index in [1.807, 2.05) is 0 Å². The molecule has 1 aliphatic carbocycles. The standard InChI is InChI=1S/C7H11F2NOS/c1-10(6(11)12-2)4-5-3-7(5,8)9/h5H,3-4H2,1-2H3. The summed E-state index contributed by atoms with van der Waals surface area (Å²) < 4.78 is 24.8. The third-order valence-corrected chi connectivity index (χ3v) is 2.60. The zero-order valence-electron chi connectivity index (χ0n) is 7.01. The van der Waals surface area contributed by atoms with Crippen LogP contribution in [0, 0.1) is 5.92 Å². The monoisotopic (exact) mass is 195 g/mol. The van der Waals surface area contributed by atoms with Gasteiger partial charge in [0, 0.05) is 25.9 Å². The summed E-state index contributed by atoms with van der Waals surface area (Å²) in [6.45, 7) is 0.173. The summed E-state index contributed by atoms with van der Waals surface area (Å²) in [5, 5.41) is -0.155. The molecule has 0 aromatic carbocycles. The number of nitrogens with zero attached hydrogens (tertiary/aromatic N) is 1. The van der Waals surface area contributed by atoms with E-state index in [1.54, 1.807) is 13.3 Å². The Morgan fingerprint density at radius 2 is 2.25 bits per heavy atom. The van der Waals surface area contributed by atoms with E-state index < -0.39 is 11.8 Å². The fraction of sp³-hybridized carbons (Fsp3) is 0.857. The summed E-state index contributed by atoms with van der Waals surface area (Å²) in [6, 6.07) is 0. The van der Waals surface area contributed by atoms with Gasteiger partial charge in [-0.15, -0.1) is 0 Å². The van der Waals surface area contributed by atoms with Crippen molar-refractivity contribution in [1.29, 1.82) is 0 Å². The van der Waals surface area contributed by atoms with E-state index in [2.05, 4.69) is 0 Å². The smallest absolute Gasteiger partial charge is 0.281 e. The number of carbonyl (C=O) groups excluding carboxylic acids is 1. The van der Waals surface area contributed by atoms with Crippen molar-refractivity contribution in [3.05, 3.63) is 0 Å². The molecule has 1 atom stereocenters. The molecule has 1 fully saturated rings. The van der Waals surface area contributed by atoms with Crippen LogP contribution >= 0.6 is 11.8 Å². The van der Waals surface area contributed by atoms with Crippen molar-refractivity contribution in [3.8, 4) is 0 Å². The SMILES string of the molecule is CSC(=O)N(C)CC1CC1(F)F. The molecule has 0 radical (unpaired) electrons. The number of thioether (sulfide) groups is 1. The van der Waals surface area contributed by atoms with Crippen molar-refractivity contribution in [2.75, 3.05) is 19.8 Å². The molecule has 1 unspecified atom stereocenters. The van der Waals surface area contributed by atoms with E-state index in [4.69, 9.17) is 0 Å². The molecule has 1 saturated carbocycles. The van der Waals surface area contributed by atoms with Gasteiger partial charge in [-0.1, -0.05) is 11.8 Å². The van der Waals surface area contributed by atoms with E-state index in [9.17, 15) is 13.6 Å². The van der Waals surface area contributed by atoms with Gasteiger partial charge in [0.1, 0.15) is 0 Å². The Balaban J connectivity index is 2.29. The second kappa shape index (κ2) is 3.20. The molecule has 1 rings (SSSR count). The first kappa shape index (κ1) is 9.77. The third-order valence-electron chi connectivity index (χ3n) is 1.94. The molecule has 5 heteroatoms. The van der Waals surface area contributed by atoms with Crippen LogP contribution in [0.3, 0.4) is 0 Å². The Kier molecular flexibility index (Phi) is 2.61. The van der Waals surface area contributed by atoms with Crippen LogP contribution in [0.15, 0.2) is 0 Å². The van der Waals surface area contributed by atoms with Gasteiger partial charge in [-0.2, -0.15) is 0 Å². The van der Waals surface area contributed by atoms with Crippen molar-refractivity contribution in [3.63, 3.8) is 0 Å². The highest BCUT2D eigenvalue weighted by molar-refractivity contribution is 8.12. The minimum Gasteiger partial charge on any atom is -0.336 e.